The van der Waals surface area contributed by atoms with E-state index in [1.807, 2.05) is 25.1 Å². The maximum absolute atomic E-state index is 11.6. The van der Waals surface area contributed by atoms with Gasteiger partial charge in [0.25, 0.3) is 0 Å². The van der Waals surface area contributed by atoms with E-state index in [1.54, 1.807) is 0 Å². The molecule has 0 bridgehead atoms. The van der Waals surface area contributed by atoms with Crippen LogP contribution in [0.2, 0.25) is 0 Å². The molecule has 0 aromatic heterocycles. The Balaban J connectivity index is 2.09. The summed E-state index contributed by atoms with van der Waals surface area (Å²) in [4.78, 5) is 11.6. The topological polar surface area (TPSA) is 38.3 Å². The number of hydrogen-bond donors (Lipinski definition) is 1. The van der Waals surface area contributed by atoms with Gasteiger partial charge in [-0.25, -0.2) is 0 Å². The molecule has 0 unspecified atom stereocenters. The molecule has 21 heavy (non-hydrogen) atoms. The second-order valence-corrected chi connectivity index (χ2v) is 6.15. The van der Waals surface area contributed by atoms with Crippen molar-refractivity contribution in [2.75, 3.05) is 13.2 Å². The Kier molecular flexibility index (Phi) is 9.15. The zero-order valence-corrected chi connectivity index (χ0v) is 14.7. The second-order valence-electron chi connectivity index (χ2n) is 5.30. The summed E-state index contributed by atoms with van der Waals surface area (Å²) in [6.07, 6.45) is 6.00. The van der Waals surface area contributed by atoms with E-state index in [0.717, 1.165) is 29.6 Å². The Hall–Kier alpha value is -1.03. The van der Waals surface area contributed by atoms with Crippen LogP contribution in [0.3, 0.4) is 0 Å². The zero-order chi connectivity index (χ0) is 15.5. The third-order valence-corrected chi connectivity index (χ3v) is 3.87. The van der Waals surface area contributed by atoms with Crippen LogP contribution in [0, 0.1) is 6.92 Å². The van der Waals surface area contributed by atoms with Crippen LogP contribution in [0.25, 0.3) is 0 Å². The molecule has 0 aliphatic heterocycles. The molecule has 118 valence electrons. The van der Waals surface area contributed by atoms with Gasteiger partial charge in [0.2, 0.25) is 5.91 Å². The summed E-state index contributed by atoms with van der Waals surface area (Å²) in [7, 11) is 0. The van der Waals surface area contributed by atoms with E-state index in [9.17, 15) is 4.79 Å². The first-order valence-corrected chi connectivity index (χ1v) is 8.58. The van der Waals surface area contributed by atoms with Crippen molar-refractivity contribution in [2.45, 2.75) is 52.4 Å². The van der Waals surface area contributed by atoms with Crippen molar-refractivity contribution >= 4 is 21.8 Å². The standard InChI is InChI=1S/C17H26BrNO2/c1-3-4-5-6-11-19-17(20)8-7-12-21-16-10-9-14(2)13-15(16)18/h9-10,13H,3-8,11-12H2,1-2H3,(H,19,20). The lowest BCUT2D eigenvalue weighted by Gasteiger charge is -2.09. The minimum absolute atomic E-state index is 0.123. The second kappa shape index (κ2) is 10.7. The number of nitrogens with one attached hydrogen (secondary N) is 1. The lowest BCUT2D eigenvalue weighted by molar-refractivity contribution is -0.121. The van der Waals surface area contributed by atoms with E-state index >= 15 is 0 Å². The molecule has 0 radical (unpaired) electrons. The normalized spacial score (nSPS) is 10.4. The van der Waals surface area contributed by atoms with E-state index in [2.05, 4.69) is 28.2 Å². The van der Waals surface area contributed by atoms with Crippen LogP contribution in [-0.2, 0) is 4.79 Å². The molecular formula is C17H26BrNO2. The van der Waals surface area contributed by atoms with Gasteiger partial charge in [0.1, 0.15) is 5.75 Å². The number of ether oxygens (including phenoxy) is 1. The van der Waals surface area contributed by atoms with Gasteiger partial charge in [-0.1, -0.05) is 32.3 Å². The van der Waals surface area contributed by atoms with Crippen LogP contribution in [0.1, 0.15) is 51.0 Å². The average Bonchev–Trinajstić information content (AvgIpc) is 2.45. The number of carbonyl (C=O) groups is 1. The minimum Gasteiger partial charge on any atom is -0.492 e. The van der Waals surface area contributed by atoms with Gasteiger partial charge in [-0.15, -0.1) is 0 Å². The van der Waals surface area contributed by atoms with Crippen LogP contribution in [-0.4, -0.2) is 19.1 Å². The minimum atomic E-state index is 0.123. The highest BCUT2D eigenvalue weighted by molar-refractivity contribution is 9.10. The van der Waals surface area contributed by atoms with Crippen LogP contribution in [0.4, 0.5) is 0 Å². The molecule has 1 rings (SSSR count). The molecule has 1 aromatic carbocycles. The van der Waals surface area contributed by atoms with Gasteiger partial charge < -0.3 is 10.1 Å². The van der Waals surface area contributed by atoms with E-state index in [-0.39, 0.29) is 5.91 Å². The molecule has 3 nitrogen and oxygen atoms in total. The quantitative estimate of drug-likeness (QED) is 0.622. The highest BCUT2D eigenvalue weighted by Gasteiger charge is 2.03. The van der Waals surface area contributed by atoms with Crippen LogP contribution >= 0.6 is 15.9 Å². The molecular weight excluding hydrogens is 330 g/mol. The van der Waals surface area contributed by atoms with Crippen molar-refractivity contribution in [3.8, 4) is 5.75 Å². The third kappa shape index (κ3) is 8.10. The van der Waals surface area contributed by atoms with Crippen LogP contribution < -0.4 is 10.1 Å². The summed E-state index contributed by atoms with van der Waals surface area (Å²) in [6, 6.07) is 5.99. The van der Waals surface area contributed by atoms with Crippen LogP contribution in [0.5, 0.6) is 5.75 Å². The van der Waals surface area contributed by atoms with Crippen molar-refractivity contribution in [2.24, 2.45) is 0 Å². The molecule has 0 spiro atoms. The molecule has 1 N–H and O–H groups in total. The van der Waals surface area contributed by atoms with Crippen molar-refractivity contribution < 1.29 is 9.53 Å². The molecule has 0 aliphatic rings. The van der Waals surface area contributed by atoms with Crippen molar-refractivity contribution in [1.29, 1.82) is 0 Å². The fourth-order valence-corrected chi connectivity index (χ4v) is 2.61. The number of hydrogen-bond acceptors (Lipinski definition) is 2. The average molecular weight is 356 g/mol. The lowest BCUT2D eigenvalue weighted by Crippen LogP contribution is -2.24. The first-order chi connectivity index (χ1) is 10.1. The Labute approximate surface area is 136 Å². The molecule has 0 aliphatic carbocycles. The molecule has 0 saturated carbocycles. The third-order valence-electron chi connectivity index (χ3n) is 3.25. The number of carbonyl (C=O) groups excluding carboxylic acids is 1. The number of unbranched alkanes of at least 4 members (excludes halogenated alkanes) is 3. The number of aryl methyl sites for hydroxylation is 1. The summed E-state index contributed by atoms with van der Waals surface area (Å²) in [5, 5.41) is 2.96. The Bertz CT molecular complexity index is 435. The SMILES string of the molecule is CCCCCCNC(=O)CCCOc1ccc(C)cc1Br. The Morgan fingerprint density at radius 2 is 2.05 bits per heavy atom. The van der Waals surface area contributed by atoms with Gasteiger partial charge in [-0.2, -0.15) is 0 Å². The number of rotatable bonds is 10. The Morgan fingerprint density at radius 3 is 2.76 bits per heavy atom. The zero-order valence-electron chi connectivity index (χ0n) is 13.1. The van der Waals surface area contributed by atoms with E-state index < -0.39 is 0 Å². The highest BCUT2D eigenvalue weighted by Crippen LogP contribution is 2.25. The first kappa shape index (κ1) is 18.0. The molecule has 0 fully saturated rings. The van der Waals surface area contributed by atoms with Gasteiger partial charge >= 0.3 is 0 Å². The van der Waals surface area contributed by atoms with E-state index in [0.29, 0.717) is 13.0 Å². The molecule has 1 aromatic rings. The summed E-state index contributed by atoms with van der Waals surface area (Å²) in [5.41, 5.74) is 1.19. The predicted octanol–water partition coefficient (Wildman–Crippen LogP) is 4.61. The molecule has 0 atom stereocenters. The van der Waals surface area contributed by atoms with Gasteiger partial charge in [-0.3, -0.25) is 4.79 Å². The smallest absolute Gasteiger partial charge is 0.220 e. The largest absolute Gasteiger partial charge is 0.492 e. The van der Waals surface area contributed by atoms with Gasteiger partial charge in [0.05, 0.1) is 11.1 Å². The maximum Gasteiger partial charge on any atom is 0.220 e. The van der Waals surface area contributed by atoms with Crippen molar-refractivity contribution in [1.82, 2.24) is 5.32 Å². The maximum atomic E-state index is 11.6. The molecule has 0 heterocycles. The van der Waals surface area contributed by atoms with Crippen molar-refractivity contribution in [3.63, 3.8) is 0 Å². The van der Waals surface area contributed by atoms with E-state index in [1.165, 1.54) is 24.8 Å². The summed E-state index contributed by atoms with van der Waals surface area (Å²) < 4.78 is 6.63. The first-order valence-electron chi connectivity index (χ1n) is 7.79. The summed E-state index contributed by atoms with van der Waals surface area (Å²) in [5.74, 6) is 0.957. The number of halogens is 1. The number of amides is 1. The number of benzene rings is 1. The van der Waals surface area contributed by atoms with Gasteiger partial charge in [0.15, 0.2) is 0 Å². The van der Waals surface area contributed by atoms with Gasteiger partial charge in [0, 0.05) is 13.0 Å². The molecule has 1 amide bonds. The monoisotopic (exact) mass is 355 g/mol. The molecule has 4 heteroatoms. The lowest BCUT2D eigenvalue weighted by atomic mass is 10.2. The summed E-state index contributed by atoms with van der Waals surface area (Å²) in [6.45, 7) is 5.58. The molecule has 0 saturated heterocycles. The fourth-order valence-electron chi connectivity index (χ4n) is 2.01. The van der Waals surface area contributed by atoms with Crippen LogP contribution in [0.15, 0.2) is 22.7 Å². The van der Waals surface area contributed by atoms with Crippen molar-refractivity contribution in [3.05, 3.63) is 28.2 Å². The van der Waals surface area contributed by atoms with E-state index in [4.69, 9.17) is 4.74 Å². The fraction of sp³-hybridized carbons (Fsp3) is 0.588. The predicted molar refractivity (Wildman–Crippen MR) is 90.8 cm³/mol. The Morgan fingerprint density at radius 1 is 1.24 bits per heavy atom. The highest BCUT2D eigenvalue weighted by atomic mass is 79.9. The van der Waals surface area contributed by atoms with Gasteiger partial charge in [-0.05, 0) is 53.4 Å². The summed E-state index contributed by atoms with van der Waals surface area (Å²) >= 11 is 3.48.